The fourth-order valence-corrected chi connectivity index (χ4v) is 0.437. The summed E-state index contributed by atoms with van der Waals surface area (Å²) in [6, 6.07) is 5.42. The first-order chi connectivity index (χ1) is 4.43. The van der Waals surface area contributed by atoms with E-state index >= 15 is 0 Å². The second kappa shape index (κ2) is 2.13. The molecule has 0 unspecified atom stereocenters. The van der Waals surface area contributed by atoms with E-state index in [0.29, 0.717) is 5.69 Å². The van der Waals surface area contributed by atoms with Crippen LogP contribution < -0.4 is 0 Å². The monoisotopic (exact) mass is 104 g/mol. The van der Waals surface area contributed by atoms with Crippen molar-refractivity contribution in [3.8, 4) is 12.3 Å². The van der Waals surface area contributed by atoms with Crippen molar-refractivity contribution in [3.63, 3.8) is 0 Å². The van der Waals surface area contributed by atoms with E-state index in [-0.39, 0.29) is 0 Å². The first-order valence-corrected chi connectivity index (χ1v) is 2.27. The number of hydrogen-bond donors (Lipinski definition) is 0. The largest absolute Gasteiger partial charge is 0.248 e. The minimum atomic E-state index is 0.646. The van der Waals surface area contributed by atoms with Crippen LogP contribution >= 0.6 is 0 Å². The van der Waals surface area contributed by atoms with Crippen molar-refractivity contribution in [2.24, 2.45) is 0 Å². The van der Waals surface area contributed by atoms with Gasteiger partial charge < -0.3 is 0 Å². The predicted octanol–water partition coefficient (Wildman–Crippen LogP) is 1.06. The van der Waals surface area contributed by atoms with Crippen LogP contribution in [0.4, 0.5) is 0 Å². The highest BCUT2D eigenvalue weighted by Crippen LogP contribution is 1.86. The van der Waals surface area contributed by atoms with Crippen LogP contribution in [-0.4, -0.2) is 4.98 Å². The van der Waals surface area contributed by atoms with E-state index in [9.17, 15) is 0 Å². The molecule has 0 aromatic carbocycles. The van der Waals surface area contributed by atoms with E-state index in [1.165, 1.54) is 0 Å². The molecule has 0 amide bonds. The number of pyridine rings is 1. The maximum Gasteiger partial charge on any atom is 0.124 e. The molecule has 0 spiro atoms. The summed E-state index contributed by atoms with van der Waals surface area (Å²) in [5, 5.41) is 0. The van der Waals surface area contributed by atoms with Gasteiger partial charge in [0.2, 0.25) is 0 Å². The molecule has 1 heteroatoms. The average molecular weight is 104 g/mol. The second-order valence-electron chi connectivity index (χ2n) is 1.34. The second-order valence-corrected chi connectivity index (χ2v) is 1.34. The Labute approximate surface area is 49.8 Å². The van der Waals surface area contributed by atoms with E-state index in [1.54, 1.807) is 12.3 Å². The Morgan fingerprint density at radius 1 is 1.75 bits per heavy atom. The standard InChI is InChI=1S/C7H5N/c1-2-7-5-3-4-6-8-7/h1,3-6H/i1D. The summed E-state index contributed by atoms with van der Waals surface area (Å²) in [5.74, 6) is 2.51. The number of nitrogens with zero attached hydrogens (tertiary/aromatic N) is 1. The summed E-state index contributed by atoms with van der Waals surface area (Å²) >= 11 is 0. The third kappa shape index (κ3) is 0.855. The molecule has 1 rings (SSSR count). The lowest BCUT2D eigenvalue weighted by Crippen LogP contribution is -1.75. The van der Waals surface area contributed by atoms with Gasteiger partial charge in [-0.25, -0.2) is 4.98 Å². The van der Waals surface area contributed by atoms with Gasteiger partial charge >= 0.3 is 0 Å². The third-order valence-corrected chi connectivity index (χ3v) is 0.793. The van der Waals surface area contributed by atoms with E-state index in [4.69, 9.17) is 1.37 Å². The van der Waals surface area contributed by atoms with Crippen molar-refractivity contribution >= 4 is 0 Å². The van der Waals surface area contributed by atoms with Crippen molar-refractivity contribution in [2.45, 2.75) is 0 Å². The zero-order valence-corrected chi connectivity index (χ0v) is 4.26. The van der Waals surface area contributed by atoms with Crippen LogP contribution in [0.25, 0.3) is 0 Å². The zero-order chi connectivity index (χ0) is 6.53. The first kappa shape index (κ1) is 3.68. The van der Waals surface area contributed by atoms with Gasteiger partial charge in [-0.05, 0) is 12.1 Å². The molecule has 1 heterocycles. The highest BCUT2D eigenvalue weighted by molar-refractivity contribution is 5.22. The van der Waals surface area contributed by atoms with Crippen LogP contribution in [0, 0.1) is 12.3 Å². The summed E-state index contributed by atoms with van der Waals surface area (Å²) in [5.41, 5.74) is 0.646. The van der Waals surface area contributed by atoms with Gasteiger partial charge in [0.1, 0.15) is 7.06 Å². The molecule has 0 atom stereocenters. The number of terminal acetylenes is 1. The molecule has 0 fully saturated rings. The van der Waals surface area contributed by atoms with Crippen LogP contribution in [0.1, 0.15) is 7.06 Å². The Morgan fingerprint density at radius 3 is 3.38 bits per heavy atom. The molecule has 0 bridgehead atoms. The van der Waals surface area contributed by atoms with E-state index in [0.717, 1.165) is 0 Å². The van der Waals surface area contributed by atoms with Crippen molar-refractivity contribution in [2.75, 3.05) is 0 Å². The van der Waals surface area contributed by atoms with E-state index in [2.05, 4.69) is 10.9 Å². The van der Waals surface area contributed by atoms with Crippen molar-refractivity contribution < 1.29 is 1.37 Å². The number of rotatable bonds is 0. The zero-order valence-electron chi connectivity index (χ0n) is 5.26. The minimum absolute atomic E-state index is 0.646. The molecule has 1 aromatic rings. The minimum Gasteiger partial charge on any atom is -0.248 e. The molecule has 0 aliphatic heterocycles. The van der Waals surface area contributed by atoms with Gasteiger partial charge in [0.15, 0.2) is 0 Å². The molecule has 8 heavy (non-hydrogen) atoms. The predicted molar refractivity (Wildman–Crippen MR) is 32.2 cm³/mol. The van der Waals surface area contributed by atoms with Gasteiger partial charge in [0.05, 0.1) is 0 Å². The maximum absolute atomic E-state index is 6.54. The van der Waals surface area contributed by atoms with E-state index in [1.807, 2.05) is 18.5 Å². The number of aromatic nitrogens is 1. The van der Waals surface area contributed by atoms with Gasteiger partial charge in [-0.1, -0.05) is 12.0 Å². The van der Waals surface area contributed by atoms with Gasteiger partial charge in [-0.2, -0.15) is 0 Å². The fourth-order valence-electron chi connectivity index (χ4n) is 0.437. The lowest BCUT2D eigenvalue weighted by atomic mass is 10.4. The summed E-state index contributed by atoms with van der Waals surface area (Å²) < 4.78 is 6.54. The Balaban J connectivity index is 2.94. The maximum atomic E-state index is 6.54. The lowest BCUT2D eigenvalue weighted by molar-refractivity contribution is 1.29. The highest BCUT2D eigenvalue weighted by Gasteiger charge is 1.78. The molecule has 0 saturated carbocycles. The average Bonchev–Trinajstić information content (AvgIpc) is 1.91. The van der Waals surface area contributed by atoms with Gasteiger partial charge in [0, 0.05) is 6.20 Å². The Morgan fingerprint density at radius 2 is 2.75 bits per heavy atom. The molecule has 1 nitrogen and oxygen atoms in total. The highest BCUT2D eigenvalue weighted by atomic mass is 14.6. The normalized spacial score (nSPS) is 8.75. The summed E-state index contributed by atoms with van der Waals surface area (Å²) in [7, 11) is 0. The Bertz CT molecular complexity index is 232. The summed E-state index contributed by atoms with van der Waals surface area (Å²) in [6.07, 6.45) is 3.67. The summed E-state index contributed by atoms with van der Waals surface area (Å²) in [6.45, 7) is 0. The molecule has 0 N–H and O–H groups in total. The fraction of sp³-hybridized carbons (Fsp3) is 0. The van der Waals surface area contributed by atoms with Crippen LogP contribution in [0.5, 0.6) is 0 Å². The topological polar surface area (TPSA) is 12.9 Å². The smallest absolute Gasteiger partial charge is 0.124 e. The Kier molecular flexibility index (Phi) is 0.980. The molecular weight excluding hydrogens is 98.1 g/mol. The van der Waals surface area contributed by atoms with E-state index < -0.39 is 0 Å². The Hall–Kier alpha value is -1.29. The molecule has 0 radical (unpaired) electrons. The van der Waals surface area contributed by atoms with Gasteiger partial charge in [-0.3, -0.25) is 0 Å². The SMILES string of the molecule is [2H]C#Cc1ccccn1. The van der Waals surface area contributed by atoms with Crippen LogP contribution in [0.3, 0.4) is 0 Å². The third-order valence-electron chi connectivity index (χ3n) is 0.793. The molecule has 1 aromatic heterocycles. The van der Waals surface area contributed by atoms with Crippen LogP contribution in [0.2, 0.25) is 0 Å². The van der Waals surface area contributed by atoms with Crippen LogP contribution in [0.15, 0.2) is 24.4 Å². The van der Waals surface area contributed by atoms with Crippen molar-refractivity contribution in [3.05, 3.63) is 30.1 Å². The molecule has 0 saturated heterocycles. The summed E-state index contributed by atoms with van der Waals surface area (Å²) in [4.78, 5) is 3.87. The molecule has 38 valence electrons. The quantitative estimate of drug-likeness (QED) is 0.448. The van der Waals surface area contributed by atoms with Gasteiger partial charge in [0.25, 0.3) is 0 Å². The van der Waals surface area contributed by atoms with Gasteiger partial charge in [-0.15, -0.1) is 6.40 Å². The van der Waals surface area contributed by atoms with Crippen molar-refractivity contribution in [1.29, 1.82) is 0 Å². The van der Waals surface area contributed by atoms with Crippen LogP contribution in [-0.2, 0) is 0 Å². The first-order valence-electron chi connectivity index (χ1n) is 2.77. The molecule has 0 aliphatic carbocycles. The molecule has 0 aliphatic rings. The number of hydrogen-bond acceptors (Lipinski definition) is 1. The van der Waals surface area contributed by atoms with Crippen molar-refractivity contribution in [1.82, 2.24) is 4.98 Å². The molecular formula is C7H5N. The lowest BCUT2D eigenvalue weighted by Gasteiger charge is -1.81.